The summed E-state index contributed by atoms with van der Waals surface area (Å²) in [5.74, 6) is 0.519. The number of carbonyl (C=O) groups is 1. The van der Waals surface area contributed by atoms with Crippen LogP contribution in [-0.4, -0.2) is 48.6 Å². The molecule has 1 saturated heterocycles. The predicted octanol–water partition coefficient (Wildman–Crippen LogP) is 3.58. The number of rotatable bonds is 5. The van der Waals surface area contributed by atoms with Crippen molar-refractivity contribution in [2.24, 2.45) is 0 Å². The molecule has 128 valence electrons. The molecule has 2 aromatic rings. The Balaban J connectivity index is 1.58. The van der Waals surface area contributed by atoms with E-state index in [1.165, 1.54) is 4.88 Å². The minimum absolute atomic E-state index is 0.0625. The maximum atomic E-state index is 12.4. The van der Waals surface area contributed by atoms with E-state index in [-0.39, 0.29) is 5.91 Å². The number of nitrogens with zero attached hydrogens (tertiary/aromatic N) is 2. The first-order valence-corrected chi connectivity index (χ1v) is 9.21. The number of pyridine rings is 1. The zero-order valence-electron chi connectivity index (χ0n) is 12.9. The van der Waals surface area contributed by atoms with Crippen LogP contribution in [-0.2, 0) is 11.2 Å². The molecule has 0 spiro atoms. The van der Waals surface area contributed by atoms with Crippen molar-refractivity contribution in [2.75, 3.05) is 38.2 Å². The molecule has 0 aliphatic carbocycles. The number of anilines is 1. The van der Waals surface area contributed by atoms with Gasteiger partial charge < -0.3 is 15.0 Å². The third kappa shape index (κ3) is 4.39. The number of morpholine rings is 1. The van der Waals surface area contributed by atoms with E-state index in [0.29, 0.717) is 49.3 Å². The highest BCUT2D eigenvalue weighted by molar-refractivity contribution is 7.16. The Bertz CT molecular complexity index is 717. The molecule has 0 unspecified atom stereocenters. The van der Waals surface area contributed by atoms with Crippen molar-refractivity contribution in [2.45, 2.75) is 6.42 Å². The van der Waals surface area contributed by atoms with Crippen molar-refractivity contribution in [1.29, 1.82) is 0 Å². The second-order valence-corrected chi connectivity index (χ2v) is 7.55. The number of amides is 1. The molecule has 0 radical (unpaired) electrons. The van der Waals surface area contributed by atoms with Crippen molar-refractivity contribution in [3.8, 4) is 0 Å². The Labute approximate surface area is 154 Å². The van der Waals surface area contributed by atoms with Gasteiger partial charge in [-0.2, -0.15) is 0 Å². The van der Waals surface area contributed by atoms with Crippen LogP contribution in [0.1, 0.15) is 15.2 Å². The minimum Gasteiger partial charge on any atom is -0.378 e. The Kier molecular flexibility index (Phi) is 5.94. The fourth-order valence-electron chi connectivity index (χ4n) is 2.42. The van der Waals surface area contributed by atoms with E-state index < -0.39 is 0 Å². The van der Waals surface area contributed by atoms with E-state index in [1.807, 2.05) is 12.1 Å². The molecule has 1 aliphatic heterocycles. The van der Waals surface area contributed by atoms with Gasteiger partial charge in [0.15, 0.2) is 0 Å². The number of aromatic nitrogens is 1. The van der Waals surface area contributed by atoms with E-state index in [9.17, 15) is 4.79 Å². The first-order valence-electron chi connectivity index (χ1n) is 7.64. The average Bonchev–Trinajstić information content (AvgIpc) is 3.02. The number of thiophene rings is 1. The Morgan fingerprint density at radius 3 is 2.79 bits per heavy atom. The molecule has 5 nitrogen and oxygen atoms in total. The van der Waals surface area contributed by atoms with Crippen molar-refractivity contribution in [3.63, 3.8) is 0 Å². The van der Waals surface area contributed by atoms with Gasteiger partial charge in [0.2, 0.25) is 0 Å². The fourth-order valence-corrected chi connectivity index (χ4v) is 3.74. The summed E-state index contributed by atoms with van der Waals surface area (Å²) in [6, 6.07) is 5.56. The van der Waals surface area contributed by atoms with Crippen molar-refractivity contribution >= 4 is 46.3 Å². The van der Waals surface area contributed by atoms with Gasteiger partial charge in [-0.15, -0.1) is 11.3 Å². The molecule has 0 aromatic carbocycles. The maximum Gasteiger partial charge on any atom is 0.255 e. The molecule has 3 heterocycles. The first kappa shape index (κ1) is 17.5. The lowest BCUT2D eigenvalue weighted by Gasteiger charge is -2.26. The smallest absolute Gasteiger partial charge is 0.255 e. The molecule has 24 heavy (non-hydrogen) atoms. The van der Waals surface area contributed by atoms with E-state index in [1.54, 1.807) is 28.5 Å². The standard InChI is InChI=1S/C16H17Cl2N3O2S/c17-13-9-11(16(22)21-5-7-23-8-6-21)10-20-15(13)19-4-3-12-1-2-14(18)24-12/h1-2,9-10H,3-8H2,(H,19,20). The van der Waals surface area contributed by atoms with E-state index in [0.717, 1.165) is 10.8 Å². The van der Waals surface area contributed by atoms with Crippen LogP contribution in [0, 0.1) is 0 Å². The largest absolute Gasteiger partial charge is 0.378 e. The predicted molar refractivity (Wildman–Crippen MR) is 97.5 cm³/mol. The zero-order valence-corrected chi connectivity index (χ0v) is 15.3. The second kappa shape index (κ2) is 8.16. The molecule has 0 atom stereocenters. The molecule has 1 fully saturated rings. The SMILES string of the molecule is O=C(c1cnc(NCCc2ccc(Cl)s2)c(Cl)c1)N1CCOCC1. The lowest BCUT2D eigenvalue weighted by molar-refractivity contribution is 0.0302. The average molecular weight is 386 g/mol. The molecule has 1 N–H and O–H groups in total. The van der Waals surface area contributed by atoms with Gasteiger partial charge >= 0.3 is 0 Å². The molecule has 1 amide bonds. The summed E-state index contributed by atoms with van der Waals surface area (Å²) >= 11 is 13.7. The summed E-state index contributed by atoms with van der Waals surface area (Å²) in [7, 11) is 0. The van der Waals surface area contributed by atoms with Gasteiger partial charge in [0.05, 0.1) is 28.1 Å². The Hall–Kier alpha value is -1.34. The van der Waals surface area contributed by atoms with Crippen LogP contribution in [0.25, 0.3) is 0 Å². The summed E-state index contributed by atoms with van der Waals surface area (Å²) in [5, 5.41) is 3.63. The van der Waals surface area contributed by atoms with Gasteiger partial charge in [0, 0.05) is 30.7 Å². The van der Waals surface area contributed by atoms with Crippen LogP contribution in [0.5, 0.6) is 0 Å². The molecule has 2 aromatic heterocycles. The highest BCUT2D eigenvalue weighted by Gasteiger charge is 2.19. The van der Waals surface area contributed by atoms with Gasteiger partial charge in [-0.05, 0) is 24.6 Å². The van der Waals surface area contributed by atoms with E-state index in [4.69, 9.17) is 27.9 Å². The zero-order chi connectivity index (χ0) is 16.9. The van der Waals surface area contributed by atoms with Crippen LogP contribution in [0.2, 0.25) is 9.36 Å². The van der Waals surface area contributed by atoms with Gasteiger partial charge in [-0.3, -0.25) is 4.79 Å². The first-order chi connectivity index (χ1) is 11.6. The Morgan fingerprint density at radius 1 is 1.33 bits per heavy atom. The number of halogens is 2. The maximum absolute atomic E-state index is 12.4. The molecule has 0 bridgehead atoms. The molecular weight excluding hydrogens is 369 g/mol. The van der Waals surface area contributed by atoms with Gasteiger partial charge in [-0.1, -0.05) is 23.2 Å². The monoisotopic (exact) mass is 385 g/mol. The van der Waals surface area contributed by atoms with E-state index >= 15 is 0 Å². The third-order valence-corrected chi connectivity index (χ3v) is 5.26. The van der Waals surface area contributed by atoms with Gasteiger partial charge in [-0.25, -0.2) is 4.98 Å². The molecule has 3 rings (SSSR count). The van der Waals surface area contributed by atoms with Crippen LogP contribution in [0.4, 0.5) is 5.82 Å². The normalized spacial score (nSPS) is 14.7. The summed E-state index contributed by atoms with van der Waals surface area (Å²) in [6.45, 7) is 3.03. The number of carbonyl (C=O) groups excluding carboxylic acids is 1. The molecular formula is C16H17Cl2N3O2S. The number of ether oxygens (including phenoxy) is 1. The topological polar surface area (TPSA) is 54.5 Å². The van der Waals surface area contributed by atoms with Crippen LogP contribution in [0.15, 0.2) is 24.4 Å². The van der Waals surface area contributed by atoms with Gasteiger partial charge in [0.1, 0.15) is 5.82 Å². The lowest BCUT2D eigenvalue weighted by Crippen LogP contribution is -2.40. The Morgan fingerprint density at radius 2 is 2.12 bits per heavy atom. The van der Waals surface area contributed by atoms with Crippen LogP contribution in [0.3, 0.4) is 0 Å². The third-order valence-electron chi connectivity index (χ3n) is 3.68. The van der Waals surface area contributed by atoms with Crippen molar-refractivity contribution in [1.82, 2.24) is 9.88 Å². The number of nitrogens with one attached hydrogen (secondary N) is 1. The summed E-state index contributed by atoms with van der Waals surface area (Å²) in [5.41, 5.74) is 0.498. The minimum atomic E-state index is -0.0625. The molecule has 0 saturated carbocycles. The highest BCUT2D eigenvalue weighted by atomic mass is 35.5. The highest BCUT2D eigenvalue weighted by Crippen LogP contribution is 2.23. The quantitative estimate of drug-likeness (QED) is 0.854. The molecule has 8 heteroatoms. The lowest BCUT2D eigenvalue weighted by atomic mass is 10.2. The van der Waals surface area contributed by atoms with Crippen molar-refractivity contribution in [3.05, 3.63) is 44.2 Å². The van der Waals surface area contributed by atoms with E-state index in [2.05, 4.69) is 10.3 Å². The summed E-state index contributed by atoms with van der Waals surface area (Å²) < 4.78 is 6.04. The van der Waals surface area contributed by atoms with Crippen LogP contribution < -0.4 is 5.32 Å². The van der Waals surface area contributed by atoms with Gasteiger partial charge in [0.25, 0.3) is 5.91 Å². The van der Waals surface area contributed by atoms with Crippen molar-refractivity contribution < 1.29 is 9.53 Å². The molecule has 1 aliphatic rings. The second-order valence-electron chi connectivity index (χ2n) is 5.34. The number of hydrogen-bond acceptors (Lipinski definition) is 5. The van der Waals surface area contributed by atoms with Crippen LogP contribution >= 0.6 is 34.5 Å². The summed E-state index contributed by atoms with van der Waals surface area (Å²) in [6.07, 6.45) is 2.40. The summed E-state index contributed by atoms with van der Waals surface area (Å²) in [4.78, 5) is 19.6. The fraction of sp³-hybridized carbons (Fsp3) is 0.375. The number of hydrogen-bond donors (Lipinski definition) is 1.